The zero-order chi connectivity index (χ0) is 20.2. The van der Waals surface area contributed by atoms with Gasteiger partial charge in [-0.3, -0.25) is 14.7 Å². The molecular formula is C24H23ClN2O2. The molecule has 0 aliphatic carbocycles. The highest BCUT2D eigenvalue weighted by atomic mass is 35.5. The van der Waals surface area contributed by atoms with Crippen molar-refractivity contribution in [2.45, 2.75) is 26.3 Å². The van der Waals surface area contributed by atoms with Crippen LogP contribution in [0.25, 0.3) is 11.1 Å². The first kappa shape index (κ1) is 19.6. The summed E-state index contributed by atoms with van der Waals surface area (Å²) < 4.78 is 5.88. The van der Waals surface area contributed by atoms with Crippen molar-refractivity contribution in [2.24, 2.45) is 0 Å². The Balaban J connectivity index is 1.55. The fraction of sp³-hybridized carbons (Fsp3) is 0.250. The summed E-state index contributed by atoms with van der Waals surface area (Å²) >= 11 is 6.03. The molecule has 148 valence electrons. The molecule has 0 spiro atoms. The highest BCUT2D eigenvalue weighted by Crippen LogP contribution is 2.31. The van der Waals surface area contributed by atoms with E-state index in [1.807, 2.05) is 36.7 Å². The molecule has 0 radical (unpaired) electrons. The minimum absolute atomic E-state index is 0.450. The lowest BCUT2D eigenvalue weighted by Crippen LogP contribution is -2.19. The Hall–Kier alpha value is -2.69. The number of benzene rings is 2. The van der Waals surface area contributed by atoms with Gasteiger partial charge in [0, 0.05) is 35.6 Å². The van der Waals surface area contributed by atoms with Gasteiger partial charge in [-0.2, -0.15) is 0 Å². The summed E-state index contributed by atoms with van der Waals surface area (Å²) in [6, 6.07) is 12.8. The lowest BCUT2D eigenvalue weighted by atomic mass is 9.99. The molecule has 29 heavy (non-hydrogen) atoms. The fourth-order valence-corrected chi connectivity index (χ4v) is 3.89. The van der Waals surface area contributed by atoms with Crippen molar-refractivity contribution < 1.29 is 9.53 Å². The molecule has 1 aliphatic heterocycles. The Morgan fingerprint density at radius 3 is 2.59 bits per heavy atom. The Labute approximate surface area is 176 Å². The van der Waals surface area contributed by atoms with Gasteiger partial charge in [0.05, 0.1) is 5.56 Å². The van der Waals surface area contributed by atoms with E-state index in [1.54, 1.807) is 18.2 Å². The third-order valence-corrected chi connectivity index (χ3v) is 5.64. The number of halogens is 1. The van der Waals surface area contributed by atoms with E-state index in [1.165, 1.54) is 37.1 Å². The van der Waals surface area contributed by atoms with Gasteiger partial charge in [-0.15, -0.1) is 0 Å². The summed E-state index contributed by atoms with van der Waals surface area (Å²) in [5, 5.41) is 0.527. The second-order valence-electron chi connectivity index (χ2n) is 7.38. The van der Waals surface area contributed by atoms with E-state index in [0.29, 0.717) is 22.1 Å². The number of nitrogens with zero attached hydrogens (tertiary/aromatic N) is 2. The highest BCUT2D eigenvalue weighted by molar-refractivity contribution is 6.30. The molecule has 0 N–H and O–H groups in total. The molecule has 0 amide bonds. The summed E-state index contributed by atoms with van der Waals surface area (Å²) in [4.78, 5) is 18.2. The number of carbonyl (C=O) groups excluding carboxylic acids is 1. The van der Waals surface area contributed by atoms with E-state index < -0.39 is 0 Å². The van der Waals surface area contributed by atoms with Crippen molar-refractivity contribution >= 4 is 17.9 Å². The smallest absolute Gasteiger partial charge is 0.153 e. The first-order valence-corrected chi connectivity index (χ1v) is 10.2. The van der Waals surface area contributed by atoms with Crippen LogP contribution >= 0.6 is 11.6 Å². The average Bonchev–Trinajstić information content (AvgIpc) is 3.24. The molecule has 2 heterocycles. The van der Waals surface area contributed by atoms with Crippen LogP contribution in [-0.4, -0.2) is 29.3 Å². The van der Waals surface area contributed by atoms with Crippen LogP contribution in [0, 0.1) is 6.92 Å². The molecule has 1 aliphatic rings. The van der Waals surface area contributed by atoms with Crippen molar-refractivity contribution in [2.75, 3.05) is 13.1 Å². The van der Waals surface area contributed by atoms with Crippen LogP contribution in [0.2, 0.25) is 5.02 Å². The largest absolute Gasteiger partial charge is 0.457 e. The van der Waals surface area contributed by atoms with Crippen LogP contribution in [0.3, 0.4) is 0 Å². The van der Waals surface area contributed by atoms with Gasteiger partial charge in [0.15, 0.2) is 6.29 Å². The number of likely N-dealkylation sites (tertiary alicyclic amines) is 1. The predicted molar refractivity (Wildman–Crippen MR) is 116 cm³/mol. The molecule has 4 rings (SSSR count). The van der Waals surface area contributed by atoms with Crippen molar-refractivity contribution in [1.82, 2.24) is 9.88 Å². The van der Waals surface area contributed by atoms with Crippen LogP contribution in [-0.2, 0) is 6.54 Å². The summed E-state index contributed by atoms with van der Waals surface area (Å²) in [5.41, 5.74) is 5.22. The molecule has 1 aromatic heterocycles. The Bertz CT molecular complexity index is 1010. The van der Waals surface area contributed by atoms with Gasteiger partial charge in [-0.05, 0) is 73.8 Å². The minimum atomic E-state index is 0.450. The van der Waals surface area contributed by atoms with Crippen molar-refractivity contribution in [3.63, 3.8) is 0 Å². The first-order chi connectivity index (χ1) is 14.1. The summed E-state index contributed by atoms with van der Waals surface area (Å²) in [7, 11) is 0. The van der Waals surface area contributed by atoms with Crippen LogP contribution < -0.4 is 4.74 Å². The summed E-state index contributed by atoms with van der Waals surface area (Å²) in [6.45, 7) is 5.45. The predicted octanol–water partition coefficient (Wildman–Crippen LogP) is 5.91. The fourth-order valence-electron chi connectivity index (χ4n) is 3.72. The average molecular weight is 407 g/mol. The highest BCUT2D eigenvalue weighted by Gasteiger charge is 2.15. The molecule has 5 heteroatoms. The van der Waals surface area contributed by atoms with E-state index in [-0.39, 0.29) is 0 Å². The second-order valence-corrected chi connectivity index (χ2v) is 7.82. The van der Waals surface area contributed by atoms with E-state index in [9.17, 15) is 4.79 Å². The summed E-state index contributed by atoms with van der Waals surface area (Å²) in [5.74, 6) is 1.10. The van der Waals surface area contributed by atoms with Crippen molar-refractivity contribution in [1.29, 1.82) is 0 Å². The van der Waals surface area contributed by atoms with Gasteiger partial charge in [0.25, 0.3) is 0 Å². The Morgan fingerprint density at radius 2 is 1.86 bits per heavy atom. The molecular weight excluding hydrogens is 384 g/mol. The maximum atomic E-state index is 11.2. The number of carbonyl (C=O) groups is 1. The monoisotopic (exact) mass is 406 g/mol. The van der Waals surface area contributed by atoms with Crippen molar-refractivity contribution in [3.8, 4) is 22.6 Å². The number of aromatic nitrogens is 1. The normalized spacial score (nSPS) is 14.1. The Morgan fingerprint density at radius 1 is 1.10 bits per heavy atom. The van der Waals surface area contributed by atoms with Crippen LogP contribution in [0.4, 0.5) is 0 Å². The molecule has 2 aromatic carbocycles. The van der Waals surface area contributed by atoms with E-state index in [0.717, 1.165) is 24.0 Å². The maximum Gasteiger partial charge on any atom is 0.153 e. The zero-order valence-electron chi connectivity index (χ0n) is 16.4. The maximum absolute atomic E-state index is 11.2. The quantitative estimate of drug-likeness (QED) is 0.477. The second kappa shape index (κ2) is 8.76. The third-order valence-electron chi connectivity index (χ3n) is 5.41. The molecule has 1 fully saturated rings. The number of ether oxygens (including phenoxy) is 1. The van der Waals surface area contributed by atoms with E-state index in [4.69, 9.17) is 16.3 Å². The van der Waals surface area contributed by atoms with Crippen LogP contribution in [0.1, 0.15) is 34.3 Å². The van der Waals surface area contributed by atoms with Gasteiger partial charge >= 0.3 is 0 Å². The topological polar surface area (TPSA) is 42.4 Å². The molecule has 0 atom stereocenters. The third kappa shape index (κ3) is 4.50. The van der Waals surface area contributed by atoms with Crippen LogP contribution in [0.5, 0.6) is 11.5 Å². The molecule has 1 saturated heterocycles. The standard InChI is InChI=1S/C24H23ClN2O2/c1-17-20(15-27-10-2-3-11-27)13-26-14-23(17)18-5-8-22(9-6-18)29-24-12-21(25)7-4-19(24)16-28/h4-9,12-14,16H,2-3,10-11,15H2,1H3. The molecule has 4 nitrogen and oxygen atoms in total. The van der Waals surface area contributed by atoms with Gasteiger partial charge < -0.3 is 4.74 Å². The zero-order valence-corrected chi connectivity index (χ0v) is 17.2. The van der Waals surface area contributed by atoms with Gasteiger partial charge in [-0.25, -0.2) is 0 Å². The van der Waals surface area contributed by atoms with Gasteiger partial charge in [0.2, 0.25) is 0 Å². The Kier molecular flexibility index (Phi) is 5.93. The van der Waals surface area contributed by atoms with Gasteiger partial charge in [-0.1, -0.05) is 23.7 Å². The minimum Gasteiger partial charge on any atom is -0.457 e. The number of hydrogen-bond acceptors (Lipinski definition) is 4. The molecule has 3 aromatic rings. The first-order valence-electron chi connectivity index (χ1n) is 9.83. The van der Waals surface area contributed by atoms with Crippen molar-refractivity contribution in [3.05, 3.63) is 76.6 Å². The molecule has 0 bridgehead atoms. The molecule has 0 saturated carbocycles. The van der Waals surface area contributed by atoms with Crippen LogP contribution in [0.15, 0.2) is 54.9 Å². The van der Waals surface area contributed by atoms with E-state index in [2.05, 4.69) is 16.8 Å². The molecule has 0 unspecified atom stereocenters. The van der Waals surface area contributed by atoms with E-state index >= 15 is 0 Å². The number of hydrogen-bond donors (Lipinski definition) is 0. The lowest BCUT2D eigenvalue weighted by Gasteiger charge is -2.18. The number of aldehydes is 1. The number of rotatable bonds is 6. The lowest BCUT2D eigenvalue weighted by molar-refractivity contribution is 0.112. The van der Waals surface area contributed by atoms with Gasteiger partial charge in [0.1, 0.15) is 11.5 Å². The number of pyridine rings is 1. The summed E-state index contributed by atoms with van der Waals surface area (Å²) in [6.07, 6.45) is 7.23. The SMILES string of the molecule is Cc1c(CN2CCCC2)cncc1-c1ccc(Oc2cc(Cl)ccc2C=O)cc1.